The molecule has 0 amide bonds. The summed E-state index contributed by atoms with van der Waals surface area (Å²) in [6.45, 7) is 5.43. The van der Waals surface area contributed by atoms with Crippen LogP contribution in [0.2, 0.25) is 0 Å². The second-order valence-electron chi connectivity index (χ2n) is 4.08. The van der Waals surface area contributed by atoms with Crippen LogP contribution in [0.1, 0.15) is 18.9 Å². The van der Waals surface area contributed by atoms with E-state index < -0.39 is 6.10 Å². The molecule has 1 unspecified atom stereocenters. The van der Waals surface area contributed by atoms with Gasteiger partial charge in [0, 0.05) is 12.6 Å². The highest BCUT2D eigenvalue weighted by atomic mass is 19.1. The van der Waals surface area contributed by atoms with Crippen molar-refractivity contribution in [3.8, 4) is 5.75 Å². The first-order valence-electron chi connectivity index (χ1n) is 5.91. The van der Waals surface area contributed by atoms with Crippen LogP contribution in [0.3, 0.4) is 0 Å². The summed E-state index contributed by atoms with van der Waals surface area (Å²) in [5.74, 6) is 0.156. The molecular weight excluding hydrogens is 221 g/mol. The molecule has 1 atom stereocenters. The summed E-state index contributed by atoms with van der Waals surface area (Å²) >= 11 is 0. The summed E-state index contributed by atoms with van der Waals surface area (Å²) in [6, 6.07) is 4.38. The number of rotatable bonds is 7. The van der Waals surface area contributed by atoms with Gasteiger partial charge in [-0.25, -0.2) is 4.39 Å². The van der Waals surface area contributed by atoms with Crippen molar-refractivity contribution in [1.29, 1.82) is 0 Å². The van der Waals surface area contributed by atoms with E-state index in [2.05, 4.69) is 12.2 Å². The van der Waals surface area contributed by atoms with Crippen molar-refractivity contribution in [2.75, 3.05) is 19.7 Å². The van der Waals surface area contributed by atoms with Crippen molar-refractivity contribution >= 4 is 0 Å². The maximum Gasteiger partial charge on any atom is 0.126 e. The normalized spacial score (nSPS) is 12.5. The van der Waals surface area contributed by atoms with Crippen LogP contribution in [0.15, 0.2) is 18.2 Å². The number of hydrogen-bond acceptors (Lipinski definition) is 3. The zero-order valence-electron chi connectivity index (χ0n) is 10.4. The Kier molecular flexibility index (Phi) is 5.94. The van der Waals surface area contributed by atoms with Crippen molar-refractivity contribution < 1.29 is 14.2 Å². The lowest BCUT2D eigenvalue weighted by Crippen LogP contribution is -2.31. The minimum Gasteiger partial charge on any atom is -0.490 e. The summed E-state index contributed by atoms with van der Waals surface area (Å²) in [7, 11) is 0. The first-order chi connectivity index (χ1) is 8.13. The zero-order chi connectivity index (χ0) is 12.7. The summed E-state index contributed by atoms with van der Waals surface area (Å²) in [5.41, 5.74) is 0.861. The Labute approximate surface area is 102 Å². The van der Waals surface area contributed by atoms with Crippen LogP contribution in [0, 0.1) is 12.7 Å². The summed E-state index contributed by atoms with van der Waals surface area (Å²) in [5, 5.41) is 12.7. The van der Waals surface area contributed by atoms with Gasteiger partial charge in [-0.05, 0) is 31.5 Å². The highest BCUT2D eigenvalue weighted by Crippen LogP contribution is 2.18. The molecule has 0 aliphatic heterocycles. The molecule has 17 heavy (non-hydrogen) atoms. The Morgan fingerprint density at radius 2 is 2.24 bits per heavy atom. The highest BCUT2D eigenvalue weighted by Gasteiger charge is 2.06. The average Bonchev–Trinajstić information content (AvgIpc) is 2.31. The van der Waals surface area contributed by atoms with Crippen molar-refractivity contribution in [2.45, 2.75) is 26.4 Å². The fourth-order valence-electron chi connectivity index (χ4n) is 1.42. The Bertz CT molecular complexity index is 344. The van der Waals surface area contributed by atoms with Crippen molar-refractivity contribution in [1.82, 2.24) is 5.32 Å². The van der Waals surface area contributed by atoms with Crippen LogP contribution in [0.5, 0.6) is 5.75 Å². The number of aliphatic hydroxyl groups is 1. The molecule has 0 spiro atoms. The van der Waals surface area contributed by atoms with Gasteiger partial charge in [0.05, 0.1) is 0 Å². The number of hydrogen-bond donors (Lipinski definition) is 2. The first kappa shape index (κ1) is 13.9. The number of ether oxygens (including phenoxy) is 1. The third-order valence-electron chi connectivity index (χ3n) is 2.39. The lowest BCUT2D eigenvalue weighted by atomic mass is 10.2. The van der Waals surface area contributed by atoms with Gasteiger partial charge in [-0.3, -0.25) is 0 Å². The van der Waals surface area contributed by atoms with Crippen LogP contribution >= 0.6 is 0 Å². The standard InChI is InChI=1S/C13H20FNO2/c1-3-6-15-8-12(16)9-17-13-7-11(14)5-4-10(13)2/h4-5,7,12,15-16H,3,6,8-9H2,1-2H3. The molecule has 1 aromatic carbocycles. The molecule has 0 saturated heterocycles. The Hall–Kier alpha value is -1.13. The summed E-state index contributed by atoms with van der Waals surface area (Å²) in [6.07, 6.45) is 0.445. The SMILES string of the molecule is CCCNCC(O)COc1cc(F)ccc1C. The highest BCUT2D eigenvalue weighted by molar-refractivity contribution is 5.32. The van der Waals surface area contributed by atoms with E-state index in [0.29, 0.717) is 12.3 Å². The van der Waals surface area contributed by atoms with Crippen LogP contribution in [-0.4, -0.2) is 30.9 Å². The van der Waals surface area contributed by atoms with Gasteiger partial charge in [0.25, 0.3) is 0 Å². The maximum absolute atomic E-state index is 13.0. The average molecular weight is 241 g/mol. The smallest absolute Gasteiger partial charge is 0.126 e. The lowest BCUT2D eigenvalue weighted by Gasteiger charge is -2.14. The monoisotopic (exact) mass is 241 g/mol. The van der Waals surface area contributed by atoms with Crippen LogP contribution in [0.25, 0.3) is 0 Å². The zero-order valence-corrected chi connectivity index (χ0v) is 10.4. The largest absolute Gasteiger partial charge is 0.490 e. The van der Waals surface area contributed by atoms with Crippen molar-refractivity contribution in [3.05, 3.63) is 29.6 Å². The Morgan fingerprint density at radius 3 is 2.94 bits per heavy atom. The van der Waals surface area contributed by atoms with Crippen LogP contribution in [0.4, 0.5) is 4.39 Å². The minimum absolute atomic E-state index is 0.168. The van der Waals surface area contributed by atoms with E-state index in [1.54, 1.807) is 6.07 Å². The molecule has 0 bridgehead atoms. The number of benzene rings is 1. The second-order valence-corrected chi connectivity index (χ2v) is 4.08. The molecule has 0 aliphatic rings. The Morgan fingerprint density at radius 1 is 1.47 bits per heavy atom. The first-order valence-corrected chi connectivity index (χ1v) is 5.91. The van der Waals surface area contributed by atoms with E-state index in [1.807, 2.05) is 6.92 Å². The molecular formula is C13H20FNO2. The minimum atomic E-state index is -0.579. The molecule has 2 N–H and O–H groups in total. The molecule has 3 nitrogen and oxygen atoms in total. The number of nitrogens with one attached hydrogen (secondary N) is 1. The molecule has 96 valence electrons. The van der Waals surface area contributed by atoms with E-state index >= 15 is 0 Å². The third-order valence-corrected chi connectivity index (χ3v) is 2.39. The Balaban J connectivity index is 2.36. The molecule has 0 aliphatic carbocycles. The van der Waals surface area contributed by atoms with Gasteiger partial charge in [-0.2, -0.15) is 0 Å². The van der Waals surface area contributed by atoms with Gasteiger partial charge in [0.15, 0.2) is 0 Å². The van der Waals surface area contributed by atoms with E-state index in [1.165, 1.54) is 12.1 Å². The van der Waals surface area contributed by atoms with E-state index in [-0.39, 0.29) is 12.4 Å². The molecule has 1 rings (SSSR count). The van der Waals surface area contributed by atoms with Gasteiger partial charge in [-0.15, -0.1) is 0 Å². The number of aliphatic hydroxyl groups excluding tert-OH is 1. The molecule has 1 aromatic rings. The van der Waals surface area contributed by atoms with E-state index in [0.717, 1.165) is 18.5 Å². The second kappa shape index (κ2) is 7.25. The van der Waals surface area contributed by atoms with Gasteiger partial charge in [0.1, 0.15) is 24.3 Å². The summed E-state index contributed by atoms with van der Waals surface area (Å²) in [4.78, 5) is 0. The van der Waals surface area contributed by atoms with Gasteiger partial charge in [-0.1, -0.05) is 13.0 Å². The fourth-order valence-corrected chi connectivity index (χ4v) is 1.42. The number of aryl methyl sites for hydroxylation is 1. The number of halogens is 1. The molecule has 4 heteroatoms. The van der Waals surface area contributed by atoms with E-state index in [4.69, 9.17) is 4.74 Å². The lowest BCUT2D eigenvalue weighted by molar-refractivity contribution is 0.106. The van der Waals surface area contributed by atoms with Gasteiger partial charge in [0.2, 0.25) is 0 Å². The quantitative estimate of drug-likeness (QED) is 0.716. The molecule has 0 radical (unpaired) electrons. The molecule has 0 fully saturated rings. The van der Waals surface area contributed by atoms with Crippen molar-refractivity contribution in [2.24, 2.45) is 0 Å². The predicted octanol–water partition coefficient (Wildman–Crippen LogP) is 1.87. The molecule has 0 heterocycles. The van der Waals surface area contributed by atoms with Gasteiger partial charge < -0.3 is 15.2 Å². The predicted molar refractivity (Wildman–Crippen MR) is 65.8 cm³/mol. The topological polar surface area (TPSA) is 41.5 Å². The van der Waals surface area contributed by atoms with Crippen molar-refractivity contribution in [3.63, 3.8) is 0 Å². The van der Waals surface area contributed by atoms with Crippen LogP contribution < -0.4 is 10.1 Å². The third kappa shape index (κ3) is 5.15. The summed E-state index contributed by atoms with van der Waals surface area (Å²) < 4.78 is 18.3. The van der Waals surface area contributed by atoms with Gasteiger partial charge >= 0.3 is 0 Å². The molecule has 0 saturated carbocycles. The van der Waals surface area contributed by atoms with E-state index in [9.17, 15) is 9.50 Å². The fraction of sp³-hybridized carbons (Fsp3) is 0.538. The maximum atomic E-state index is 13.0. The van der Waals surface area contributed by atoms with Crippen LogP contribution in [-0.2, 0) is 0 Å². The molecule has 0 aromatic heterocycles.